The maximum absolute atomic E-state index is 11.9. The Kier molecular flexibility index (Phi) is 13.1. The molecule has 2 aliphatic rings. The Morgan fingerprint density at radius 1 is 0.589 bits per heavy atom. The number of aryl methyl sites for hydroxylation is 2. The van der Waals surface area contributed by atoms with Crippen LogP contribution in [0.25, 0.3) is 22.3 Å². The Morgan fingerprint density at radius 3 is 1.45 bits per heavy atom. The van der Waals surface area contributed by atoms with Gasteiger partial charge in [-0.05, 0) is 95.5 Å². The van der Waals surface area contributed by atoms with Crippen molar-refractivity contribution >= 4 is 18.0 Å². The minimum Gasteiger partial charge on any atom is -0.508 e. The summed E-state index contributed by atoms with van der Waals surface area (Å²) in [5.74, 6) is 3.50. The molecule has 0 fully saturated rings. The number of carbonyl (C=O) groups excluding carboxylic acids is 3. The molecule has 4 aromatic rings. The molecular weight excluding hydrogens is 724 g/mol. The van der Waals surface area contributed by atoms with Crippen LogP contribution in [0.2, 0.25) is 0 Å². The number of fused-ring (bicyclic) bond motifs is 6. The molecule has 14 heteroatoms. The highest BCUT2D eigenvalue weighted by Crippen LogP contribution is 2.52. The maximum Gasteiger partial charge on any atom is 0.513 e. The molecule has 6 rings (SSSR count). The van der Waals surface area contributed by atoms with Gasteiger partial charge in [0.15, 0.2) is 23.0 Å². The molecule has 0 aliphatic heterocycles. The largest absolute Gasteiger partial charge is 0.513 e. The van der Waals surface area contributed by atoms with E-state index in [1.807, 2.05) is 24.3 Å². The quantitative estimate of drug-likeness (QED) is 0.120. The Hall–Kier alpha value is -6.31. The first-order valence-electron chi connectivity index (χ1n) is 17.8. The van der Waals surface area contributed by atoms with E-state index in [1.54, 1.807) is 66.9 Å². The lowest BCUT2D eigenvalue weighted by molar-refractivity contribution is -0.120. The second-order valence-corrected chi connectivity index (χ2v) is 13.0. The van der Waals surface area contributed by atoms with Gasteiger partial charge in [0.1, 0.15) is 11.5 Å². The lowest BCUT2D eigenvalue weighted by Gasteiger charge is -2.21. The van der Waals surface area contributed by atoms with Gasteiger partial charge in [0.05, 0.1) is 61.9 Å². The molecule has 14 nitrogen and oxygen atoms in total. The van der Waals surface area contributed by atoms with Crippen LogP contribution in [-0.4, -0.2) is 72.8 Å². The molecule has 0 unspecified atom stereocenters. The molecule has 0 heterocycles. The zero-order valence-corrected chi connectivity index (χ0v) is 33.0. The molecule has 0 saturated heterocycles. The van der Waals surface area contributed by atoms with Crippen LogP contribution < -0.4 is 43.8 Å². The van der Waals surface area contributed by atoms with Gasteiger partial charge in [-0.3, -0.25) is 9.59 Å². The zero-order valence-electron chi connectivity index (χ0n) is 33.0. The minimum absolute atomic E-state index is 0.114. The molecule has 2 atom stereocenters. The van der Waals surface area contributed by atoms with Gasteiger partial charge < -0.3 is 53.6 Å². The third kappa shape index (κ3) is 8.33. The highest BCUT2D eigenvalue weighted by Gasteiger charge is 2.31. The summed E-state index contributed by atoms with van der Waals surface area (Å²) in [4.78, 5) is 35.1. The third-order valence-corrected chi connectivity index (χ3v) is 9.70. The SMILES string of the molecule is COC(=O)Oc1ccc2c(c1)[C@@H](NC(C)=O)CCc1cc(OC)c(OC)c(OC)c1-2.COc1cc2c(c(OC)c1OC)-c1ccc(O)cc1[C@@H](NC(C)=O)CC2. The molecule has 0 radical (unpaired) electrons. The van der Waals surface area contributed by atoms with Gasteiger partial charge in [0.2, 0.25) is 23.3 Å². The smallest absolute Gasteiger partial charge is 0.508 e. The predicted octanol–water partition coefficient (Wildman–Crippen LogP) is 6.86. The van der Waals surface area contributed by atoms with E-state index in [9.17, 15) is 19.5 Å². The Balaban J connectivity index is 0.000000216. The van der Waals surface area contributed by atoms with E-state index in [0.717, 1.165) is 44.5 Å². The number of aromatic hydroxyl groups is 1. The summed E-state index contributed by atoms with van der Waals surface area (Å²) in [7, 11) is 10.7. The number of hydrogen-bond donors (Lipinski definition) is 3. The number of carbonyl (C=O) groups is 3. The topological polar surface area (TPSA) is 169 Å². The Morgan fingerprint density at radius 2 is 1.04 bits per heavy atom. The zero-order chi connectivity index (χ0) is 40.7. The first kappa shape index (κ1) is 40.9. The highest BCUT2D eigenvalue weighted by molar-refractivity contribution is 5.85. The van der Waals surface area contributed by atoms with Crippen molar-refractivity contribution in [2.75, 3.05) is 49.8 Å². The number of hydrogen-bond acceptors (Lipinski definition) is 12. The van der Waals surface area contributed by atoms with Crippen LogP contribution in [0.4, 0.5) is 4.79 Å². The van der Waals surface area contributed by atoms with Crippen LogP contribution in [0.5, 0.6) is 46.0 Å². The maximum atomic E-state index is 11.9. The number of benzene rings is 4. The molecule has 0 saturated carbocycles. The molecule has 298 valence electrons. The predicted molar refractivity (Wildman–Crippen MR) is 208 cm³/mol. The van der Waals surface area contributed by atoms with Crippen molar-refractivity contribution in [2.24, 2.45) is 0 Å². The fraction of sp³-hybridized carbons (Fsp3) is 0.357. The van der Waals surface area contributed by atoms with Gasteiger partial charge in [0.25, 0.3) is 0 Å². The van der Waals surface area contributed by atoms with E-state index in [1.165, 1.54) is 21.0 Å². The number of phenols is 1. The molecule has 0 bridgehead atoms. The van der Waals surface area contributed by atoms with Crippen LogP contribution >= 0.6 is 0 Å². The van der Waals surface area contributed by atoms with E-state index < -0.39 is 6.16 Å². The van der Waals surface area contributed by atoms with Crippen molar-refractivity contribution in [3.8, 4) is 68.2 Å². The van der Waals surface area contributed by atoms with Crippen LogP contribution in [0.1, 0.15) is 61.0 Å². The van der Waals surface area contributed by atoms with E-state index in [2.05, 4.69) is 15.4 Å². The summed E-state index contributed by atoms with van der Waals surface area (Å²) in [5.41, 5.74) is 7.18. The first-order chi connectivity index (χ1) is 26.9. The van der Waals surface area contributed by atoms with Crippen molar-refractivity contribution in [2.45, 2.75) is 51.6 Å². The number of amides is 2. The number of ether oxygens (including phenoxy) is 8. The van der Waals surface area contributed by atoms with Gasteiger partial charge in [-0.15, -0.1) is 0 Å². The Bertz CT molecular complexity index is 2110. The lowest BCUT2D eigenvalue weighted by Crippen LogP contribution is -2.26. The van der Waals surface area contributed by atoms with Crippen LogP contribution in [0.3, 0.4) is 0 Å². The Labute approximate surface area is 325 Å². The first-order valence-corrected chi connectivity index (χ1v) is 17.8. The van der Waals surface area contributed by atoms with Gasteiger partial charge in [0, 0.05) is 25.0 Å². The number of nitrogens with one attached hydrogen (secondary N) is 2. The van der Waals surface area contributed by atoms with Crippen molar-refractivity contribution in [1.29, 1.82) is 0 Å². The fourth-order valence-corrected chi connectivity index (χ4v) is 7.42. The van der Waals surface area contributed by atoms with Crippen LogP contribution in [0.15, 0.2) is 48.5 Å². The monoisotopic (exact) mass is 772 g/mol. The molecule has 56 heavy (non-hydrogen) atoms. The van der Waals surface area contributed by atoms with Crippen LogP contribution in [-0.2, 0) is 27.2 Å². The van der Waals surface area contributed by atoms with Gasteiger partial charge in [-0.25, -0.2) is 4.79 Å². The summed E-state index contributed by atoms with van der Waals surface area (Å²) in [6.45, 7) is 2.96. The van der Waals surface area contributed by atoms with E-state index in [0.29, 0.717) is 65.9 Å². The molecule has 0 aromatic heterocycles. The van der Waals surface area contributed by atoms with E-state index in [-0.39, 0.29) is 29.6 Å². The molecule has 0 spiro atoms. The van der Waals surface area contributed by atoms with Gasteiger partial charge in [-0.1, -0.05) is 12.1 Å². The standard InChI is InChI=1S/C22H25NO7.C20H23NO5/c1-12(24)23-17-9-6-13-10-18(26-2)20(27-3)21(28-4)19(13)15-8-7-14(11-16(15)17)30-22(25)29-5;1-11(22)21-16-8-5-12-9-17(24-2)19(25-3)20(26-4)18(12)14-7-6-13(23)10-15(14)16/h7-8,10-11,17H,6,9H2,1-5H3,(H,23,24);6-7,9-10,16,23H,5,8H2,1-4H3,(H,21,22)/t17-;16-/m00/s1. The minimum atomic E-state index is -0.816. The molecular formula is C42H48N2O12. The molecule has 2 amide bonds. The third-order valence-electron chi connectivity index (χ3n) is 9.70. The second kappa shape index (κ2) is 17.9. The molecule has 2 aliphatic carbocycles. The van der Waals surface area contributed by atoms with Gasteiger partial charge >= 0.3 is 6.16 Å². The summed E-state index contributed by atoms with van der Waals surface area (Å²) >= 11 is 0. The summed E-state index contributed by atoms with van der Waals surface area (Å²) in [6.07, 6.45) is 1.90. The second-order valence-electron chi connectivity index (χ2n) is 13.0. The normalized spacial score (nSPS) is 14.9. The average Bonchev–Trinajstić information content (AvgIpc) is 3.43. The van der Waals surface area contributed by atoms with Crippen molar-refractivity contribution in [1.82, 2.24) is 10.6 Å². The number of phenolic OH excluding ortho intramolecular Hbond substituents is 1. The highest BCUT2D eigenvalue weighted by atomic mass is 16.7. The van der Waals surface area contributed by atoms with E-state index >= 15 is 0 Å². The molecule has 4 aromatic carbocycles. The lowest BCUT2D eigenvalue weighted by atomic mass is 9.93. The van der Waals surface area contributed by atoms with Crippen molar-refractivity contribution < 1.29 is 57.4 Å². The van der Waals surface area contributed by atoms with E-state index in [4.69, 9.17) is 33.2 Å². The van der Waals surface area contributed by atoms with Crippen LogP contribution in [0, 0.1) is 0 Å². The summed E-state index contributed by atoms with van der Waals surface area (Å²) < 4.78 is 43.2. The van der Waals surface area contributed by atoms with Gasteiger partial charge in [-0.2, -0.15) is 0 Å². The average molecular weight is 773 g/mol. The number of rotatable bonds is 9. The molecule has 3 N–H and O–H groups in total. The van der Waals surface area contributed by atoms with Crippen molar-refractivity contribution in [3.63, 3.8) is 0 Å². The van der Waals surface area contributed by atoms with Crippen molar-refractivity contribution in [3.05, 3.63) is 70.8 Å². The fourth-order valence-electron chi connectivity index (χ4n) is 7.42. The summed E-state index contributed by atoms with van der Waals surface area (Å²) in [6, 6.07) is 13.8. The number of methoxy groups -OCH3 is 7. The summed E-state index contributed by atoms with van der Waals surface area (Å²) in [5, 5.41) is 16.0.